The summed E-state index contributed by atoms with van der Waals surface area (Å²) >= 11 is 1.21. The van der Waals surface area contributed by atoms with Crippen molar-refractivity contribution >= 4 is 32.3 Å². The van der Waals surface area contributed by atoms with Gasteiger partial charge < -0.3 is 10.4 Å². The molecule has 0 saturated heterocycles. The fourth-order valence-corrected chi connectivity index (χ4v) is 2.80. The van der Waals surface area contributed by atoms with Crippen LogP contribution in [0.3, 0.4) is 0 Å². The van der Waals surface area contributed by atoms with Gasteiger partial charge in [0.2, 0.25) is 0 Å². The molecule has 0 atom stereocenters. The van der Waals surface area contributed by atoms with Crippen molar-refractivity contribution < 1.29 is 18.3 Å². The van der Waals surface area contributed by atoms with E-state index in [1.54, 1.807) is 12.1 Å². The van der Waals surface area contributed by atoms with Crippen LogP contribution in [0.4, 0.5) is 5.13 Å². The minimum Gasteiger partial charge on any atom is -0.476 e. The molecule has 0 spiro atoms. The summed E-state index contributed by atoms with van der Waals surface area (Å²) in [6, 6.07) is 6.48. The molecule has 0 radical (unpaired) electrons. The summed E-state index contributed by atoms with van der Waals surface area (Å²) in [4.78, 5) is 14.8. The summed E-state index contributed by atoms with van der Waals surface area (Å²) in [5, 5.41) is 13.7. The minimum absolute atomic E-state index is 0.00456. The number of benzene rings is 1. The molecule has 1 aromatic carbocycles. The Morgan fingerprint density at radius 2 is 2.00 bits per heavy atom. The van der Waals surface area contributed by atoms with Crippen LogP contribution in [0, 0.1) is 0 Å². The molecule has 0 fully saturated rings. The summed E-state index contributed by atoms with van der Waals surface area (Å²) < 4.78 is 22.6. The van der Waals surface area contributed by atoms with Crippen LogP contribution in [0.5, 0.6) is 0 Å². The van der Waals surface area contributed by atoms with Crippen molar-refractivity contribution in [3.63, 3.8) is 0 Å². The van der Waals surface area contributed by atoms with Crippen molar-refractivity contribution in [1.29, 1.82) is 0 Å². The maximum absolute atomic E-state index is 11.3. The van der Waals surface area contributed by atoms with Crippen LogP contribution in [0.15, 0.2) is 34.5 Å². The standard InChI is InChI=1S/C12H12N2O4S2/c1-20(17,18)9-4-2-8(3-5-9)6-13-12-14-10(7-19-12)11(15)16/h2-5,7H,6H2,1H3,(H,13,14)(H,15,16). The van der Waals surface area contributed by atoms with E-state index in [-0.39, 0.29) is 10.6 Å². The minimum atomic E-state index is -3.19. The highest BCUT2D eigenvalue weighted by Gasteiger charge is 2.09. The molecule has 0 unspecified atom stereocenters. The second-order valence-corrected chi connectivity index (χ2v) is 6.99. The van der Waals surface area contributed by atoms with E-state index in [1.165, 1.54) is 28.8 Å². The van der Waals surface area contributed by atoms with Gasteiger partial charge in [-0.05, 0) is 17.7 Å². The van der Waals surface area contributed by atoms with E-state index in [2.05, 4.69) is 10.3 Å². The lowest BCUT2D eigenvalue weighted by Crippen LogP contribution is -2.02. The molecule has 8 heteroatoms. The first-order valence-electron chi connectivity index (χ1n) is 5.58. The number of aromatic nitrogens is 1. The number of nitrogens with zero attached hydrogens (tertiary/aromatic N) is 1. The highest BCUT2D eigenvalue weighted by Crippen LogP contribution is 2.17. The first kappa shape index (κ1) is 14.5. The van der Waals surface area contributed by atoms with E-state index in [1.807, 2.05) is 0 Å². The molecule has 0 aliphatic heterocycles. The molecule has 20 heavy (non-hydrogen) atoms. The van der Waals surface area contributed by atoms with E-state index < -0.39 is 15.8 Å². The van der Waals surface area contributed by atoms with E-state index >= 15 is 0 Å². The predicted molar refractivity (Wildman–Crippen MR) is 76.0 cm³/mol. The number of carboxylic acids is 1. The number of carboxylic acid groups (broad SMARTS) is 1. The molecule has 0 bridgehead atoms. The number of sulfone groups is 1. The number of thiazole rings is 1. The molecule has 0 saturated carbocycles. The van der Waals surface area contributed by atoms with E-state index in [0.29, 0.717) is 11.7 Å². The lowest BCUT2D eigenvalue weighted by molar-refractivity contribution is 0.0691. The Hall–Kier alpha value is -1.93. The summed E-state index contributed by atoms with van der Waals surface area (Å²) in [7, 11) is -3.19. The average molecular weight is 312 g/mol. The maximum Gasteiger partial charge on any atom is 0.355 e. The average Bonchev–Trinajstić information content (AvgIpc) is 2.85. The molecule has 2 rings (SSSR count). The Morgan fingerprint density at radius 3 is 2.50 bits per heavy atom. The number of anilines is 1. The SMILES string of the molecule is CS(=O)(=O)c1ccc(CNc2nc(C(=O)O)cs2)cc1. The fraction of sp³-hybridized carbons (Fsp3) is 0.167. The quantitative estimate of drug-likeness (QED) is 0.874. The van der Waals surface area contributed by atoms with Gasteiger partial charge in [-0.15, -0.1) is 11.3 Å². The highest BCUT2D eigenvalue weighted by atomic mass is 32.2. The third-order valence-corrected chi connectivity index (χ3v) is 4.45. The van der Waals surface area contributed by atoms with E-state index in [4.69, 9.17) is 5.11 Å². The van der Waals surface area contributed by atoms with Crippen LogP contribution < -0.4 is 5.32 Å². The van der Waals surface area contributed by atoms with Crippen LogP contribution in [0.1, 0.15) is 16.1 Å². The number of hydrogen-bond acceptors (Lipinski definition) is 6. The van der Waals surface area contributed by atoms with Crippen molar-refractivity contribution in [3.05, 3.63) is 40.9 Å². The molecule has 0 aliphatic rings. The summed E-state index contributed by atoms with van der Waals surface area (Å²) in [5.74, 6) is -1.06. The molecule has 1 aromatic heterocycles. The van der Waals surface area contributed by atoms with Crippen molar-refractivity contribution in [2.24, 2.45) is 0 Å². The molecule has 1 heterocycles. The van der Waals surface area contributed by atoms with Gasteiger partial charge in [-0.2, -0.15) is 0 Å². The van der Waals surface area contributed by atoms with Gasteiger partial charge in [0, 0.05) is 18.2 Å². The number of carbonyl (C=O) groups is 1. The fourth-order valence-electron chi connectivity index (χ4n) is 1.49. The van der Waals surface area contributed by atoms with Gasteiger partial charge in [-0.3, -0.25) is 0 Å². The number of aromatic carboxylic acids is 1. The molecule has 6 nitrogen and oxygen atoms in total. The smallest absolute Gasteiger partial charge is 0.355 e. The Kier molecular flexibility index (Phi) is 4.05. The van der Waals surface area contributed by atoms with E-state index in [0.717, 1.165) is 11.8 Å². The Bertz CT molecular complexity index is 720. The van der Waals surface area contributed by atoms with Crippen molar-refractivity contribution in [2.75, 3.05) is 11.6 Å². The van der Waals surface area contributed by atoms with Crippen molar-refractivity contribution in [1.82, 2.24) is 4.98 Å². The van der Waals surface area contributed by atoms with Gasteiger partial charge in [-0.25, -0.2) is 18.2 Å². The highest BCUT2D eigenvalue weighted by molar-refractivity contribution is 7.90. The van der Waals surface area contributed by atoms with Crippen LogP contribution in [0.2, 0.25) is 0 Å². The molecule has 2 aromatic rings. The first-order chi connectivity index (χ1) is 9.36. The Balaban J connectivity index is 2.02. The number of nitrogens with one attached hydrogen (secondary N) is 1. The zero-order valence-corrected chi connectivity index (χ0v) is 12.2. The Labute approximate surface area is 120 Å². The molecule has 2 N–H and O–H groups in total. The maximum atomic E-state index is 11.3. The van der Waals surface area contributed by atoms with Crippen LogP contribution in [0.25, 0.3) is 0 Å². The van der Waals surface area contributed by atoms with Crippen molar-refractivity contribution in [3.8, 4) is 0 Å². The summed E-state index contributed by atoms with van der Waals surface area (Å²) in [5.41, 5.74) is 0.884. The van der Waals surface area contributed by atoms with Gasteiger partial charge in [0.05, 0.1) is 4.90 Å². The van der Waals surface area contributed by atoms with Crippen LogP contribution in [-0.2, 0) is 16.4 Å². The third-order valence-electron chi connectivity index (χ3n) is 2.52. The van der Waals surface area contributed by atoms with Crippen molar-refractivity contribution in [2.45, 2.75) is 11.4 Å². The molecule has 106 valence electrons. The lowest BCUT2D eigenvalue weighted by atomic mass is 10.2. The summed E-state index contributed by atoms with van der Waals surface area (Å²) in [6.07, 6.45) is 1.16. The zero-order chi connectivity index (χ0) is 14.8. The Morgan fingerprint density at radius 1 is 1.35 bits per heavy atom. The van der Waals surface area contributed by atoms with Gasteiger partial charge in [-0.1, -0.05) is 12.1 Å². The second kappa shape index (κ2) is 5.59. The van der Waals surface area contributed by atoms with E-state index in [9.17, 15) is 13.2 Å². The van der Waals surface area contributed by atoms with Gasteiger partial charge in [0.25, 0.3) is 0 Å². The first-order valence-corrected chi connectivity index (χ1v) is 8.35. The normalized spacial score (nSPS) is 11.2. The monoisotopic (exact) mass is 312 g/mol. The number of rotatable bonds is 5. The molecule has 0 aliphatic carbocycles. The van der Waals surface area contributed by atoms with Gasteiger partial charge in [0.1, 0.15) is 0 Å². The zero-order valence-electron chi connectivity index (χ0n) is 10.5. The van der Waals surface area contributed by atoms with Crippen LogP contribution in [-0.4, -0.2) is 30.7 Å². The lowest BCUT2D eigenvalue weighted by Gasteiger charge is -2.04. The van der Waals surface area contributed by atoms with Gasteiger partial charge >= 0.3 is 5.97 Å². The largest absolute Gasteiger partial charge is 0.476 e. The van der Waals surface area contributed by atoms with Gasteiger partial charge in [0.15, 0.2) is 20.7 Å². The topological polar surface area (TPSA) is 96.4 Å². The number of hydrogen-bond donors (Lipinski definition) is 2. The van der Waals surface area contributed by atoms with Crippen LogP contribution >= 0.6 is 11.3 Å². The summed E-state index contributed by atoms with van der Waals surface area (Å²) in [6.45, 7) is 0.441. The third kappa shape index (κ3) is 3.55. The second-order valence-electron chi connectivity index (χ2n) is 4.11. The molecular weight excluding hydrogens is 300 g/mol. The molecular formula is C12H12N2O4S2. The predicted octanol–water partition coefficient (Wildman–Crippen LogP) is 1.86. The molecule has 0 amide bonds.